The van der Waals surface area contributed by atoms with Crippen LogP contribution in [-0.2, 0) is 10.9 Å². The summed E-state index contributed by atoms with van der Waals surface area (Å²) in [6.07, 6.45) is -4.48. The summed E-state index contributed by atoms with van der Waals surface area (Å²) in [6.45, 7) is 1.88. The summed E-state index contributed by atoms with van der Waals surface area (Å²) in [5.41, 5.74) is -0.112. The summed E-state index contributed by atoms with van der Waals surface area (Å²) in [6, 6.07) is 11.0. The number of hydrogen-bond donors (Lipinski definition) is 0. The van der Waals surface area contributed by atoms with Gasteiger partial charge in [0.2, 0.25) is 11.8 Å². The Kier molecular flexibility index (Phi) is 4.75. The van der Waals surface area contributed by atoms with Crippen LogP contribution in [0.25, 0.3) is 22.9 Å². The highest BCUT2D eigenvalue weighted by Gasteiger charge is 2.31. The molecule has 0 unspecified atom stereocenters. The summed E-state index contributed by atoms with van der Waals surface area (Å²) >= 11 is 0. The number of carbonyl (C=O) groups excluding carboxylic acids is 1. The summed E-state index contributed by atoms with van der Waals surface area (Å²) in [5.74, 6) is -0.618. The van der Waals surface area contributed by atoms with E-state index in [0.29, 0.717) is 5.56 Å². The molecule has 1 heterocycles. The van der Waals surface area contributed by atoms with Gasteiger partial charge < -0.3 is 9.15 Å². The van der Waals surface area contributed by atoms with Crippen LogP contribution in [0.2, 0.25) is 0 Å². The molecule has 0 aliphatic heterocycles. The summed E-state index contributed by atoms with van der Waals surface area (Å²) in [4.78, 5) is 12.0. The number of aromatic nitrogens is 2. The van der Waals surface area contributed by atoms with Crippen molar-refractivity contribution in [3.8, 4) is 22.9 Å². The smallest absolute Gasteiger partial charge is 0.416 e. The van der Waals surface area contributed by atoms with E-state index < -0.39 is 17.7 Å². The van der Waals surface area contributed by atoms with Crippen molar-refractivity contribution in [2.45, 2.75) is 13.1 Å². The molecule has 0 spiro atoms. The average molecular weight is 362 g/mol. The van der Waals surface area contributed by atoms with Crippen LogP contribution in [0.4, 0.5) is 13.2 Å². The van der Waals surface area contributed by atoms with E-state index >= 15 is 0 Å². The second-order valence-corrected chi connectivity index (χ2v) is 5.26. The number of esters is 1. The second kappa shape index (κ2) is 6.99. The van der Waals surface area contributed by atoms with Crippen LogP contribution >= 0.6 is 0 Å². The lowest BCUT2D eigenvalue weighted by Crippen LogP contribution is -2.06. The van der Waals surface area contributed by atoms with Gasteiger partial charge in [-0.15, -0.1) is 10.2 Å². The predicted molar refractivity (Wildman–Crippen MR) is 86.1 cm³/mol. The maximum atomic E-state index is 12.9. The highest BCUT2D eigenvalue weighted by Crippen LogP contribution is 2.33. The lowest BCUT2D eigenvalue weighted by molar-refractivity contribution is -0.137. The minimum atomic E-state index is -4.48. The fourth-order valence-electron chi connectivity index (χ4n) is 2.33. The van der Waals surface area contributed by atoms with E-state index in [2.05, 4.69) is 10.2 Å². The average Bonchev–Trinajstić information content (AvgIpc) is 3.11. The maximum absolute atomic E-state index is 12.9. The van der Waals surface area contributed by atoms with E-state index in [1.54, 1.807) is 31.2 Å². The molecule has 0 bridgehead atoms. The van der Waals surface area contributed by atoms with Crippen molar-refractivity contribution in [3.63, 3.8) is 0 Å². The zero-order valence-electron chi connectivity index (χ0n) is 13.6. The first-order chi connectivity index (χ1) is 12.4. The molecule has 0 radical (unpaired) electrons. The molecule has 0 aliphatic carbocycles. The Morgan fingerprint density at radius 3 is 2.54 bits per heavy atom. The molecule has 0 amide bonds. The molecule has 0 fully saturated rings. The Balaban J connectivity index is 1.98. The number of halogens is 3. The van der Waals surface area contributed by atoms with Crippen molar-refractivity contribution in [2.24, 2.45) is 0 Å². The summed E-state index contributed by atoms with van der Waals surface area (Å²) < 4.78 is 49.0. The molecule has 8 heteroatoms. The third-order valence-electron chi connectivity index (χ3n) is 3.51. The number of benzene rings is 2. The van der Waals surface area contributed by atoms with Gasteiger partial charge in [0.25, 0.3) is 0 Å². The third-order valence-corrected chi connectivity index (χ3v) is 3.51. The molecule has 26 heavy (non-hydrogen) atoms. The van der Waals surface area contributed by atoms with Crippen molar-refractivity contribution in [3.05, 3.63) is 59.7 Å². The van der Waals surface area contributed by atoms with Gasteiger partial charge in [-0.1, -0.05) is 18.2 Å². The van der Waals surface area contributed by atoms with Crippen molar-refractivity contribution in [1.29, 1.82) is 0 Å². The maximum Gasteiger partial charge on any atom is 0.416 e. The van der Waals surface area contributed by atoms with Crippen LogP contribution in [0.5, 0.6) is 0 Å². The van der Waals surface area contributed by atoms with Crippen molar-refractivity contribution in [1.82, 2.24) is 10.2 Å². The van der Waals surface area contributed by atoms with Gasteiger partial charge in [0.15, 0.2) is 0 Å². The standard InChI is InChI=1S/C18H13F3N2O3/c1-2-25-17(24)14-9-4-3-8-13(14)16-23-22-15(26-16)11-6-5-7-12(10-11)18(19,20)21/h3-10H,2H2,1H3. The highest BCUT2D eigenvalue weighted by molar-refractivity contribution is 5.96. The Hall–Kier alpha value is -3.16. The van der Waals surface area contributed by atoms with Gasteiger partial charge in [-0.05, 0) is 37.3 Å². The fourth-order valence-corrected chi connectivity index (χ4v) is 2.33. The van der Waals surface area contributed by atoms with Gasteiger partial charge in [-0.25, -0.2) is 4.79 Å². The SMILES string of the molecule is CCOC(=O)c1ccccc1-c1nnc(-c2cccc(C(F)(F)F)c2)o1. The van der Waals surface area contributed by atoms with Gasteiger partial charge in [-0.2, -0.15) is 13.2 Å². The Bertz CT molecular complexity index is 935. The molecule has 0 aliphatic rings. The molecular formula is C18H13F3N2O3. The number of hydrogen-bond acceptors (Lipinski definition) is 5. The van der Waals surface area contributed by atoms with Crippen LogP contribution in [0.1, 0.15) is 22.8 Å². The highest BCUT2D eigenvalue weighted by atomic mass is 19.4. The first-order valence-corrected chi connectivity index (χ1v) is 7.68. The third kappa shape index (κ3) is 3.58. The number of ether oxygens (including phenoxy) is 1. The first kappa shape index (κ1) is 17.7. The van der Waals surface area contributed by atoms with E-state index in [9.17, 15) is 18.0 Å². The van der Waals surface area contributed by atoms with Gasteiger partial charge in [0, 0.05) is 5.56 Å². The Morgan fingerprint density at radius 2 is 1.81 bits per heavy atom. The summed E-state index contributed by atoms with van der Waals surface area (Å²) in [5, 5.41) is 7.65. The van der Waals surface area contributed by atoms with E-state index in [-0.39, 0.29) is 29.5 Å². The zero-order chi connectivity index (χ0) is 18.7. The van der Waals surface area contributed by atoms with E-state index in [4.69, 9.17) is 9.15 Å². The number of alkyl halides is 3. The molecule has 0 saturated carbocycles. The minimum absolute atomic E-state index is 0.0149. The number of rotatable bonds is 4. The predicted octanol–water partition coefficient (Wildman–Crippen LogP) is 4.60. The molecule has 0 saturated heterocycles. The van der Waals surface area contributed by atoms with Gasteiger partial charge in [-0.3, -0.25) is 0 Å². The molecular weight excluding hydrogens is 349 g/mol. The quantitative estimate of drug-likeness (QED) is 0.635. The molecule has 0 atom stereocenters. The molecule has 3 aromatic rings. The van der Waals surface area contributed by atoms with E-state index in [1.807, 2.05) is 0 Å². The van der Waals surface area contributed by atoms with Crippen LogP contribution in [0.15, 0.2) is 52.9 Å². The largest absolute Gasteiger partial charge is 0.462 e. The van der Waals surface area contributed by atoms with E-state index in [1.165, 1.54) is 12.1 Å². The molecule has 1 aromatic heterocycles. The summed E-state index contributed by atoms with van der Waals surface area (Å²) in [7, 11) is 0. The molecule has 134 valence electrons. The van der Waals surface area contributed by atoms with Crippen LogP contribution < -0.4 is 0 Å². The van der Waals surface area contributed by atoms with Gasteiger partial charge in [0.1, 0.15) is 0 Å². The van der Waals surface area contributed by atoms with Crippen LogP contribution in [0.3, 0.4) is 0 Å². The topological polar surface area (TPSA) is 65.2 Å². The van der Waals surface area contributed by atoms with Crippen molar-refractivity contribution >= 4 is 5.97 Å². The molecule has 5 nitrogen and oxygen atoms in total. The minimum Gasteiger partial charge on any atom is -0.462 e. The normalized spacial score (nSPS) is 11.4. The van der Waals surface area contributed by atoms with E-state index in [0.717, 1.165) is 12.1 Å². The first-order valence-electron chi connectivity index (χ1n) is 7.68. The lowest BCUT2D eigenvalue weighted by atomic mass is 10.1. The zero-order valence-corrected chi connectivity index (χ0v) is 13.6. The van der Waals surface area contributed by atoms with Gasteiger partial charge >= 0.3 is 12.1 Å². The lowest BCUT2D eigenvalue weighted by Gasteiger charge is -2.07. The number of nitrogens with zero attached hydrogens (tertiary/aromatic N) is 2. The Labute approximate surface area is 146 Å². The molecule has 0 N–H and O–H groups in total. The van der Waals surface area contributed by atoms with Crippen molar-refractivity contribution in [2.75, 3.05) is 6.61 Å². The van der Waals surface area contributed by atoms with Crippen LogP contribution in [0, 0.1) is 0 Å². The van der Waals surface area contributed by atoms with Gasteiger partial charge in [0.05, 0.1) is 23.3 Å². The number of carbonyl (C=O) groups is 1. The Morgan fingerprint density at radius 1 is 1.08 bits per heavy atom. The van der Waals surface area contributed by atoms with Crippen LogP contribution in [-0.4, -0.2) is 22.8 Å². The monoisotopic (exact) mass is 362 g/mol. The molecule has 3 rings (SSSR count). The second-order valence-electron chi connectivity index (χ2n) is 5.26. The molecule has 2 aromatic carbocycles. The van der Waals surface area contributed by atoms with Crippen molar-refractivity contribution < 1.29 is 27.1 Å². The fraction of sp³-hybridized carbons (Fsp3) is 0.167.